The average Bonchev–Trinajstić information content (AvgIpc) is 3.19. The molecule has 0 saturated carbocycles. The van der Waals surface area contributed by atoms with E-state index in [1.165, 1.54) is 7.05 Å². The Hall–Kier alpha value is -3.29. The van der Waals surface area contributed by atoms with Crippen LogP contribution in [0, 0.1) is 0 Å². The Morgan fingerprint density at radius 3 is 2.92 bits per heavy atom. The highest BCUT2D eigenvalue weighted by atomic mass is 16.3. The van der Waals surface area contributed by atoms with Crippen LogP contribution in [0.25, 0.3) is 10.9 Å². The topological polar surface area (TPSA) is 115 Å². The van der Waals surface area contributed by atoms with Gasteiger partial charge in [-0.15, -0.1) is 0 Å². The maximum absolute atomic E-state index is 12.1. The van der Waals surface area contributed by atoms with Crippen LogP contribution in [0.4, 0.5) is 0 Å². The molecule has 0 amide bonds. The van der Waals surface area contributed by atoms with Crippen molar-refractivity contribution in [2.45, 2.75) is 12.5 Å². The summed E-state index contributed by atoms with van der Waals surface area (Å²) >= 11 is 0. The Bertz CT molecular complexity index is 1090. The molecule has 4 N–H and O–H groups in total. The van der Waals surface area contributed by atoms with Gasteiger partial charge in [0.25, 0.3) is 5.56 Å². The van der Waals surface area contributed by atoms with Crippen molar-refractivity contribution in [3.8, 4) is 5.88 Å². The zero-order chi connectivity index (χ0) is 16.8. The van der Waals surface area contributed by atoms with E-state index in [-0.39, 0.29) is 17.5 Å². The summed E-state index contributed by atoms with van der Waals surface area (Å²) in [4.78, 5) is 29.0. The number of para-hydroxylation sites is 1. The van der Waals surface area contributed by atoms with E-state index in [0.29, 0.717) is 12.1 Å². The van der Waals surface area contributed by atoms with Crippen LogP contribution in [-0.2, 0) is 7.05 Å². The number of aromatic hydroxyl groups is 1. The van der Waals surface area contributed by atoms with E-state index in [4.69, 9.17) is 0 Å². The quantitative estimate of drug-likeness (QED) is 0.555. The van der Waals surface area contributed by atoms with Crippen molar-refractivity contribution in [3.63, 3.8) is 0 Å². The molecular formula is C16H15N5O3. The van der Waals surface area contributed by atoms with Gasteiger partial charge in [-0.1, -0.05) is 18.2 Å². The Labute approximate surface area is 135 Å². The number of hydrogen-bond acceptors (Lipinski definition) is 5. The predicted molar refractivity (Wildman–Crippen MR) is 89.3 cm³/mol. The van der Waals surface area contributed by atoms with Crippen molar-refractivity contribution >= 4 is 16.6 Å². The lowest BCUT2D eigenvalue weighted by Gasteiger charge is -2.09. The molecule has 2 aromatic heterocycles. The number of aromatic amines is 2. The molecule has 1 unspecified atom stereocenters. The van der Waals surface area contributed by atoms with E-state index in [1.807, 2.05) is 30.5 Å². The standard InChI is InChI=1S/C16H15N5O3/c1-21-15(23)13(14(22)18-16(21)24)12-6-11(19-20-12)9-7-17-10-5-3-2-4-8(9)10/h2-5,7,11,17,19,23H,6H2,1H3,(H,18,22,24). The zero-order valence-corrected chi connectivity index (χ0v) is 12.8. The van der Waals surface area contributed by atoms with Gasteiger partial charge in [0.05, 0.1) is 11.8 Å². The van der Waals surface area contributed by atoms with Gasteiger partial charge < -0.3 is 15.5 Å². The summed E-state index contributed by atoms with van der Waals surface area (Å²) in [5.41, 5.74) is 4.18. The molecule has 0 aliphatic carbocycles. The highest BCUT2D eigenvalue weighted by molar-refractivity contribution is 6.03. The minimum absolute atomic E-state index is 0.0203. The number of aromatic nitrogens is 3. The number of nitrogens with zero attached hydrogens (tertiary/aromatic N) is 2. The van der Waals surface area contributed by atoms with Crippen LogP contribution in [0.1, 0.15) is 23.6 Å². The summed E-state index contributed by atoms with van der Waals surface area (Å²) < 4.78 is 0.984. The van der Waals surface area contributed by atoms with Gasteiger partial charge in [0.1, 0.15) is 5.56 Å². The molecule has 4 rings (SSSR count). The van der Waals surface area contributed by atoms with Crippen LogP contribution in [0.2, 0.25) is 0 Å². The molecule has 3 heterocycles. The van der Waals surface area contributed by atoms with E-state index >= 15 is 0 Å². The molecule has 8 nitrogen and oxygen atoms in total. The third-order valence-corrected chi connectivity index (χ3v) is 4.33. The SMILES string of the molecule is Cn1c(O)c(C2=NNC(c3c[nH]c4ccccc34)C2)c(=O)[nH]c1=O. The van der Waals surface area contributed by atoms with Crippen LogP contribution in [0.15, 0.2) is 45.2 Å². The van der Waals surface area contributed by atoms with E-state index < -0.39 is 11.2 Å². The first-order valence-electron chi connectivity index (χ1n) is 7.47. The maximum Gasteiger partial charge on any atom is 0.330 e. The lowest BCUT2D eigenvalue weighted by molar-refractivity contribution is 0.416. The largest absolute Gasteiger partial charge is 0.494 e. The number of fused-ring (bicyclic) bond motifs is 1. The second-order valence-corrected chi connectivity index (χ2v) is 5.75. The maximum atomic E-state index is 12.1. The Balaban J connectivity index is 1.72. The van der Waals surface area contributed by atoms with Crippen LogP contribution in [0.3, 0.4) is 0 Å². The van der Waals surface area contributed by atoms with Gasteiger partial charge in [-0.2, -0.15) is 5.10 Å². The second kappa shape index (κ2) is 5.12. The van der Waals surface area contributed by atoms with Gasteiger partial charge in [0.2, 0.25) is 5.88 Å². The Kier molecular flexibility index (Phi) is 3.05. The molecule has 1 aliphatic heterocycles. The first-order valence-corrected chi connectivity index (χ1v) is 7.47. The van der Waals surface area contributed by atoms with Crippen LogP contribution in [-0.4, -0.2) is 25.4 Å². The number of benzene rings is 1. The molecule has 8 heteroatoms. The first-order chi connectivity index (χ1) is 11.6. The van der Waals surface area contributed by atoms with Gasteiger partial charge in [-0.05, 0) is 6.07 Å². The number of nitrogens with one attached hydrogen (secondary N) is 3. The second-order valence-electron chi connectivity index (χ2n) is 5.75. The number of rotatable bonds is 2. The Morgan fingerprint density at radius 1 is 1.29 bits per heavy atom. The van der Waals surface area contributed by atoms with Crippen LogP contribution in [0.5, 0.6) is 5.88 Å². The van der Waals surface area contributed by atoms with Crippen LogP contribution < -0.4 is 16.7 Å². The average molecular weight is 325 g/mol. The monoisotopic (exact) mass is 325 g/mol. The minimum Gasteiger partial charge on any atom is -0.494 e. The third kappa shape index (κ3) is 2.03. The molecule has 0 bridgehead atoms. The number of hydrazone groups is 1. The fraction of sp³-hybridized carbons (Fsp3) is 0.188. The lowest BCUT2D eigenvalue weighted by atomic mass is 9.99. The van der Waals surface area contributed by atoms with E-state index in [2.05, 4.69) is 20.5 Å². The normalized spacial score (nSPS) is 17.0. The van der Waals surface area contributed by atoms with Crippen molar-refractivity contribution in [2.24, 2.45) is 12.1 Å². The van der Waals surface area contributed by atoms with Crippen molar-refractivity contribution < 1.29 is 5.11 Å². The van der Waals surface area contributed by atoms with Gasteiger partial charge in [-0.3, -0.25) is 14.3 Å². The zero-order valence-electron chi connectivity index (χ0n) is 12.8. The van der Waals surface area contributed by atoms with E-state index in [0.717, 1.165) is 21.0 Å². The van der Waals surface area contributed by atoms with Crippen molar-refractivity contribution in [1.29, 1.82) is 0 Å². The van der Waals surface area contributed by atoms with Crippen molar-refractivity contribution in [1.82, 2.24) is 20.0 Å². The summed E-state index contributed by atoms with van der Waals surface area (Å²) in [6.45, 7) is 0. The van der Waals surface area contributed by atoms with Crippen molar-refractivity contribution in [3.05, 3.63) is 62.4 Å². The van der Waals surface area contributed by atoms with E-state index in [9.17, 15) is 14.7 Å². The van der Waals surface area contributed by atoms with Crippen LogP contribution >= 0.6 is 0 Å². The van der Waals surface area contributed by atoms with Gasteiger partial charge in [0.15, 0.2) is 0 Å². The predicted octanol–water partition coefficient (Wildman–Crippen LogP) is 0.699. The molecule has 0 radical (unpaired) electrons. The number of H-pyrrole nitrogens is 2. The summed E-state index contributed by atoms with van der Waals surface area (Å²) in [5, 5.41) is 15.4. The number of hydrogen-bond donors (Lipinski definition) is 4. The van der Waals surface area contributed by atoms with Gasteiger partial charge in [-0.25, -0.2) is 4.79 Å². The molecule has 24 heavy (non-hydrogen) atoms. The molecule has 0 fully saturated rings. The molecular weight excluding hydrogens is 310 g/mol. The highest BCUT2D eigenvalue weighted by Gasteiger charge is 2.27. The van der Waals surface area contributed by atoms with Gasteiger partial charge >= 0.3 is 5.69 Å². The van der Waals surface area contributed by atoms with Gasteiger partial charge in [0, 0.05) is 36.1 Å². The molecule has 1 aliphatic rings. The molecule has 0 saturated heterocycles. The smallest absolute Gasteiger partial charge is 0.330 e. The summed E-state index contributed by atoms with van der Waals surface area (Å²) in [6.07, 6.45) is 2.34. The fourth-order valence-electron chi connectivity index (χ4n) is 3.03. The highest BCUT2D eigenvalue weighted by Crippen LogP contribution is 2.30. The molecule has 122 valence electrons. The lowest BCUT2D eigenvalue weighted by Crippen LogP contribution is -2.32. The minimum atomic E-state index is -0.666. The summed E-state index contributed by atoms with van der Waals surface area (Å²) in [7, 11) is 1.39. The fourth-order valence-corrected chi connectivity index (χ4v) is 3.03. The molecule has 3 aromatic rings. The Morgan fingerprint density at radius 2 is 2.08 bits per heavy atom. The summed E-state index contributed by atoms with van der Waals surface area (Å²) in [5.74, 6) is -0.385. The summed E-state index contributed by atoms with van der Waals surface area (Å²) in [6, 6.07) is 7.79. The molecule has 1 atom stereocenters. The molecule has 1 aromatic carbocycles. The third-order valence-electron chi connectivity index (χ3n) is 4.33. The first kappa shape index (κ1) is 14.3. The van der Waals surface area contributed by atoms with E-state index in [1.54, 1.807) is 0 Å². The molecule has 0 spiro atoms. The van der Waals surface area contributed by atoms with Crippen molar-refractivity contribution in [2.75, 3.05) is 0 Å².